The minimum absolute atomic E-state index is 0.0190. The molecule has 3 rings (SSSR count). The maximum atomic E-state index is 12.4. The van der Waals surface area contributed by atoms with E-state index in [1.807, 2.05) is 47.4 Å². The molecule has 0 radical (unpaired) electrons. The molecule has 0 aromatic heterocycles. The van der Waals surface area contributed by atoms with Crippen LogP contribution >= 0.6 is 0 Å². The normalized spacial score (nSPS) is 15.5. The minimum atomic E-state index is -0.0190. The fraction of sp³-hybridized carbons (Fsp3) is 0.350. The van der Waals surface area contributed by atoms with Crippen LogP contribution in [0, 0.1) is 0 Å². The van der Waals surface area contributed by atoms with Crippen molar-refractivity contribution in [1.82, 2.24) is 9.80 Å². The molecule has 0 aliphatic carbocycles. The fourth-order valence-corrected chi connectivity index (χ4v) is 3.09. The van der Waals surface area contributed by atoms with Gasteiger partial charge in [-0.25, -0.2) is 4.79 Å². The number of carbonyl (C=O) groups excluding carboxylic acids is 1. The lowest BCUT2D eigenvalue weighted by Gasteiger charge is -2.22. The van der Waals surface area contributed by atoms with Crippen LogP contribution in [-0.4, -0.2) is 49.1 Å². The average molecular weight is 339 g/mol. The van der Waals surface area contributed by atoms with Crippen LogP contribution in [0.5, 0.6) is 5.75 Å². The molecule has 1 heterocycles. The van der Waals surface area contributed by atoms with Crippen LogP contribution in [0.4, 0.5) is 10.5 Å². The van der Waals surface area contributed by atoms with Crippen LogP contribution in [0.2, 0.25) is 0 Å². The number of rotatable bonds is 4. The summed E-state index contributed by atoms with van der Waals surface area (Å²) in [5, 5.41) is 2.97. The summed E-state index contributed by atoms with van der Waals surface area (Å²) >= 11 is 0. The Labute approximate surface area is 149 Å². The number of urea groups is 1. The highest BCUT2D eigenvalue weighted by atomic mass is 16.5. The summed E-state index contributed by atoms with van der Waals surface area (Å²) < 4.78 is 5.29. The first kappa shape index (κ1) is 17.3. The number of hydrogen-bond donors (Lipinski definition) is 1. The van der Waals surface area contributed by atoms with E-state index in [0.717, 1.165) is 50.6 Å². The second kappa shape index (κ2) is 8.53. The van der Waals surface area contributed by atoms with E-state index >= 15 is 0 Å². The van der Waals surface area contributed by atoms with E-state index in [-0.39, 0.29) is 6.03 Å². The Bertz CT molecular complexity index is 690. The molecule has 5 heteroatoms. The van der Waals surface area contributed by atoms with Crippen molar-refractivity contribution in [3.05, 3.63) is 60.2 Å². The molecule has 1 aliphatic heterocycles. The highest BCUT2D eigenvalue weighted by molar-refractivity contribution is 5.89. The number of nitrogens with one attached hydrogen (secondary N) is 1. The maximum Gasteiger partial charge on any atom is 0.321 e. The van der Waals surface area contributed by atoms with E-state index < -0.39 is 0 Å². The molecule has 25 heavy (non-hydrogen) atoms. The summed E-state index contributed by atoms with van der Waals surface area (Å²) in [6, 6.07) is 17.8. The van der Waals surface area contributed by atoms with Gasteiger partial charge in [0.1, 0.15) is 5.75 Å². The number of amides is 2. The second-order valence-electron chi connectivity index (χ2n) is 6.26. The van der Waals surface area contributed by atoms with Gasteiger partial charge in [-0.15, -0.1) is 0 Å². The van der Waals surface area contributed by atoms with Gasteiger partial charge in [0.2, 0.25) is 0 Å². The summed E-state index contributed by atoms with van der Waals surface area (Å²) in [5.41, 5.74) is 2.08. The third-order valence-electron chi connectivity index (χ3n) is 4.44. The molecule has 132 valence electrons. The summed E-state index contributed by atoms with van der Waals surface area (Å²) in [5.74, 6) is 0.885. The van der Waals surface area contributed by atoms with Gasteiger partial charge in [0.05, 0.1) is 7.11 Å². The topological polar surface area (TPSA) is 44.8 Å². The van der Waals surface area contributed by atoms with Gasteiger partial charge in [0, 0.05) is 38.4 Å². The molecule has 0 spiro atoms. The number of hydrogen-bond acceptors (Lipinski definition) is 3. The van der Waals surface area contributed by atoms with Crippen molar-refractivity contribution >= 4 is 11.7 Å². The Hall–Kier alpha value is -2.53. The van der Waals surface area contributed by atoms with Crippen LogP contribution in [0.3, 0.4) is 0 Å². The number of ether oxygens (including phenoxy) is 1. The van der Waals surface area contributed by atoms with Gasteiger partial charge in [0.25, 0.3) is 0 Å². The van der Waals surface area contributed by atoms with Crippen molar-refractivity contribution in [3.8, 4) is 5.75 Å². The molecule has 0 atom stereocenters. The smallest absolute Gasteiger partial charge is 0.321 e. The van der Waals surface area contributed by atoms with Gasteiger partial charge < -0.3 is 15.0 Å². The molecule has 1 N–H and O–H groups in total. The number of nitrogens with zero attached hydrogens (tertiary/aromatic N) is 2. The largest absolute Gasteiger partial charge is 0.497 e. The lowest BCUT2D eigenvalue weighted by Crippen LogP contribution is -2.38. The van der Waals surface area contributed by atoms with Gasteiger partial charge in [-0.3, -0.25) is 4.90 Å². The zero-order valence-electron chi connectivity index (χ0n) is 14.6. The summed E-state index contributed by atoms with van der Waals surface area (Å²) in [7, 11) is 1.69. The van der Waals surface area contributed by atoms with Crippen LogP contribution in [0.15, 0.2) is 54.6 Å². The molecule has 1 aliphatic rings. The summed E-state index contributed by atoms with van der Waals surface area (Å²) in [6.45, 7) is 4.27. The van der Waals surface area contributed by atoms with Crippen LogP contribution in [0.25, 0.3) is 0 Å². The molecule has 1 fully saturated rings. The molecule has 0 bridgehead atoms. The van der Waals surface area contributed by atoms with Crippen LogP contribution in [-0.2, 0) is 6.54 Å². The molecule has 2 amide bonds. The SMILES string of the molecule is COc1cccc(CN2CCCN(C(=O)Nc3ccccc3)CC2)c1. The highest BCUT2D eigenvalue weighted by Gasteiger charge is 2.19. The Morgan fingerprint density at radius 1 is 1.04 bits per heavy atom. The first-order valence-electron chi connectivity index (χ1n) is 8.71. The molecule has 5 nitrogen and oxygen atoms in total. The third kappa shape index (κ3) is 4.97. The fourth-order valence-electron chi connectivity index (χ4n) is 3.09. The quantitative estimate of drug-likeness (QED) is 0.928. The molecular weight excluding hydrogens is 314 g/mol. The van der Waals surface area contributed by atoms with Gasteiger partial charge >= 0.3 is 6.03 Å². The second-order valence-corrected chi connectivity index (χ2v) is 6.26. The lowest BCUT2D eigenvalue weighted by molar-refractivity contribution is 0.211. The third-order valence-corrected chi connectivity index (χ3v) is 4.44. The van der Waals surface area contributed by atoms with Gasteiger partial charge in [-0.2, -0.15) is 0 Å². The Morgan fingerprint density at radius 2 is 1.88 bits per heavy atom. The van der Waals surface area contributed by atoms with E-state index in [9.17, 15) is 4.79 Å². The zero-order valence-corrected chi connectivity index (χ0v) is 14.6. The van der Waals surface area contributed by atoms with E-state index in [1.54, 1.807) is 7.11 Å². The molecular formula is C20H25N3O2. The zero-order chi connectivity index (χ0) is 17.5. The number of methoxy groups -OCH3 is 1. The monoisotopic (exact) mass is 339 g/mol. The van der Waals surface area contributed by atoms with Crippen molar-refractivity contribution in [2.45, 2.75) is 13.0 Å². The standard InChI is InChI=1S/C20H25N3O2/c1-25-19-10-5-7-17(15-19)16-22-11-6-12-23(14-13-22)20(24)21-18-8-3-2-4-9-18/h2-5,7-10,15H,6,11-14,16H2,1H3,(H,21,24). The van der Waals surface area contributed by atoms with Crippen LogP contribution < -0.4 is 10.1 Å². The minimum Gasteiger partial charge on any atom is -0.497 e. The van der Waals surface area contributed by atoms with E-state index in [4.69, 9.17) is 4.74 Å². The highest BCUT2D eigenvalue weighted by Crippen LogP contribution is 2.16. The molecule has 1 saturated heterocycles. The summed E-state index contributed by atoms with van der Waals surface area (Å²) in [4.78, 5) is 16.7. The molecule has 0 unspecified atom stereocenters. The Morgan fingerprint density at radius 3 is 2.68 bits per heavy atom. The molecule has 2 aromatic carbocycles. The van der Waals surface area contributed by atoms with E-state index in [0.29, 0.717) is 0 Å². The first-order valence-corrected chi connectivity index (χ1v) is 8.71. The molecule has 2 aromatic rings. The van der Waals surface area contributed by atoms with Crippen molar-refractivity contribution in [1.29, 1.82) is 0 Å². The number of para-hydroxylation sites is 1. The predicted octanol–water partition coefficient (Wildman–Crippen LogP) is 3.44. The van der Waals surface area contributed by atoms with Gasteiger partial charge in [-0.05, 0) is 36.2 Å². The first-order chi connectivity index (χ1) is 12.2. The van der Waals surface area contributed by atoms with E-state index in [1.165, 1.54) is 5.56 Å². The van der Waals surface area contributed by atoms with E-state index in [2.05, 4.69) is 22.3 Å². The maximum absolute atomic E-state index is 12.4. The van der Waals surface area contributed by atoms with Crippen molar-refractivity contribution in [3.63, 3.8) is 0 Å². The van der Waals surface area contributed by atoms with Crippen molar-refractivity contribution < 1.29 is 9.53 Å². The van der Waals surface area contributed by atoms with Crippen molar-refractivity contribution in [2.24, 2.45) is 0 Å². The van der Waals surface area contributed by atoms with Crippen molar-refractivity contribution in [2.75, 3.05) is 38.6 Å². The molecule has 0 saturated carbocycles. The summed E-state index contributed by atoms with van der Waals surface area (Å²) in [6.07, 6.45) is 0.978. The van der Waals surface area contributed by atoms with Gasteiger partial charge in [-0.1, -0.05) is 30.3 Å². The average Bonchev–Trinajstić information content (AvgIpc) is 2.88. The Kier molecular flexibility index (Phi) is 5.90. The number of benzene rings is 2. The lowest BCUT2D eigenvalue weighted by atomic mass is 10.2. The Balaban J connectivity index is 1.54. The number of anilines is 1. The van der Waals surface area contributed by atoms with Gasteiger partial charge in [0.15, 0.2) is 0 Å². The predicted molar refractivity (Wildman–Crippen MR) is 99.9 cm³/mol. The number of carbonyl (C=O) groups is 1. The van der Waals surface area contributed by atoms with Crippen LogP contribution in [0.1, 0.15) is 12.0 Å².